The fourth-order valence-electron chi connectivity index (χ4n) is 1.05. The second-order valence-electron chi connectivity index (χ2n) is 2.82. The Morgan fingerprint density at radius 3 is 2.30 bits per heavy atom. The van der Waals surface area contributed by atoms with Crippen molar-refractivity contribution in [1.82, 2.24) is 0 Å². The van der Waals surface area contributed by atoms with Gasteiger partial charge < -0.3 is 0 Å². The molecule has 60 valence electrons. The van der Waals surface area contributed by atoms with Crippen LogP contribution in [-0.2, 0) is 9.78 Å². The van der Waals surface area contributed by atoms with Crippen LogP contribution in [0.4, 0.5) is 0 Å². The van der Waals surface area contributed by atoms with Gasteiger partial charge in [-0.15, -0.1) is 0 Å². The summed E-state index contributed by atoms with van der Waals surface area (Å²) >= 11 is 0. The first-order valence-electron chi connectivity index (χ1n) is 4.25. The average Bonchev–Trinajstić information content (AvgIpc) is 2.71. The minimum Gasteiger partial charge on any atom is -0.199 e. The second kappa shape index (κ2) is 4.69. The molecule has 10 heavy (non-hydrogen) atoms. The summed E-state index contributed by atoms with van der Waals surface area (Å²) < 4.78 is 0. The molecule has 2 heteroatoms. The van der Waals surface area contributed by atoms with Gasteiger partial charge in [-0.25, -0.2) is 0 Å². The van der Waals surface area contributed by atoms with Crippen LogP contribution in [0.25, 0.3) is 0 Å². The van der Waals surface area contributed by atoms with Crippen molar-refractivity contribution in [2.24, 2.45) is 0 Å². The molecule has 0 bridgehead atoms. The molecule has 2 nitrogen and oxygen atoms in total. The van der Waals surface area contributed by atoms with Gasteiger partial charge in [0.15, 0.2) is 0 Å². The van der Waals surface area contributed by atoms with Gasteiger partial charge in [0.05, 0.1) is 0 Å². The molecule has 0 aromatic heterocycles. The highest BCUT2D eigenvalue weighted by Gasteiger charge is 2.24. The van der Waals surface area contributed by atoms with E-state index in [-0.39, 0.29) is 6.29 Å². The molecule has 0 N–H and O–H groups in total. The number of hydrogen-bond acceptors (Lipinski definition) is 2. The Bertz CT molecular complexity index is 79.3. The summed E-state index contributed by atoms with van der Waals surface area (Å²) in [6.07, 6.45) is 7.87. The molecule has 0 atom stereocenters. The van der Waals surface area contributed by atoms with E-state index in [0.29, 0.717) is 0 Å². The quantitative estimate of drug-likeness (QED) is 0.325. The molecule has 1 rings (SSSR count). The predicted octanol–water partition coefficient (Wildman–Crippen LogP) is 2.63. The van der Waals surface area contributed by atoms with Crippen LogP contribution in [0.15, 0.2) is 0 Å². The summed E-state index contributed by atoms with van der Waals surface area (Å²) in [7, 11) is 0. The zero-order chi connectivity index (χ0) is 7.23. The topological polar surface area (TPSA) is 25.1 Å². The van der Waals surface area contributed by atoms with Crippen molar-refractivity contribution in [1.29, 1.82) is 0 Å². The summed E-state index contributed by atoms with van der Waals surface area (Å²) in [6, 6.07) is 0. The summed E-state index contributed by atoms with van der Waals surface area (Å²) in [5.74, 6) is 0. The van der Waals surface area contributed by atoms with E-state index in [1.54, 1.807) is 0 Å². The molecule has 1 fully saturated rings. The van der Waals surface area contributed by atoms with Gasteiger partial charge in [0, 0.05) is 6.42 Å². The van der Waals surface area contributed by atoms with Crippen LogP contribution in [0.1, 0.15) is 45.4 Å². The van der Waals surface area contributed by atoms with Gasteiger partial charge >= 0.3 is 0 Å². The molecule has 0 amide bonds. The highest BCUT2D eigenvalue weighted by atomic mass is 17.4. The summed E-state index contributed by atoms with van der Waals surface area (Å²) in [5, 5.41) is 0. The predicted molar refractivity (Wildman–Crippen MR) is 39.3 cm³/mol. The van der Waals surface area contributed by atoms with Crippen molar-refractivity contribution in [2.75, 3.05) is 0 Å². The molecule has 1 heterocycles. The van der Waals surface area contributed by atoms with Crippen molar-refractivity contribution in [2.45, 2.75) is 51.7 Å². The van der Waals surface area contributed by atoms with Crippen LogP contribution in [0.2, 0.25) is 0 Å². The molecule has 0 saturated carbocycles. The third-order valence-corrected chi connectivity index (χ3v) is 1.78. The van der Waals surface area contributed by atoms with Crippen LogP contribution < -0.4 is 0 Å². The zero-order valence-electron chi connectivity index (χ0n) is 6.64. The molecular weight excluding hydrogens is 128 g/mol. The Morgan fingerprint density at radius 2 is 1.70 bits per heavy atom. The van der Waals surface area contributed by atoms with Crippen molar-refractivity contribution >= 4 is 0 Å². The van der Waals surface area contributed by atoms with Crippen LogP contribution in [0.5, 0.6) is 0 Å². The van der Waals surface area contributed by atoms with Crippen molar-refractivity contribution < 1.29 is 9.78 Å². The fraction of sp³-hybridized carbons (Fsp3) is 1.00. The van der Waals surface area contributed by atoms with E-state index in [1.165, 1.54) is 32.1 Å². The number of unbranched alkanes of at least 4 members (excludes halogenated alkanes) is 4. The first-order chi connectivity index (χ1) is 4.93. The third kappa shape index (κ3) is 3.85. The summed E-state index contributed by atoms with van der Waals surface area (Å²) in [4.78, 5) is 9.23. The summed E-state index contributed by atoms with van der Waals surface area (Å²) in [6.45, 7) is 2.23. The lowest BCUT2D eigenvalue weighted by Crippen LogP contribution is -1.84. The molecular formula is C8H16O2. The van der Waals surface area contributed by atoms with Gasteiger partial charge in [-0.2, -0.15) is 9.78 Å². The third-order valence-electron chi connectivity index (χ3n) is 1.78. The van der Waals surface area contributed by atoms with E-state index in [0.717, 1.165) is 6.42 Å². The van der Waals surface area contributed by atoms with Crippen LogP contribution in [0, 0.1) is 0 Å². The normalized spacial score (nSPS) is 17.7. The molecule has 0 spiro atoms. The lowest BCUT2D eigenvalue weighted by atomic mass is 10.1. The molecule has 0 radical (unpaired) electrons. The van der Waals surface area contributed by atoms with E-state index in [9.17, 15) is 0 Å². The molecule has 0 unspecified atom stereocenters. The highest BCUT2D eigenvalue weighted by molar-refractivity contribution is 4.49. The zero-order valence-corrected chi connectivity index (χ0v) is 6.64. The molecule has 1 aliphatic rings. The minimum atomic E-state index is 0.154. The maximum Gasteiger partial charge on any atom is 0.224 e. The van der Waals surface area contributed by atoms with E-state index < -0.39 is 0 Å². The largest absolute Gasteiger partial charge is 0.224 e. The second-order valence-corrected chi connectivity index (χ2v) is 2.82. The lowest BCUT2D eigenvalue weighted by Gasteiger charge is -1.94. The smallest absolute Gasteiger partial charge is 0.199 e. The molecule has 1 aliphatic heterocycles. The Kier molecular flexibility index (Phi) is 3.76. The van der Waals surface area contributed by atoms with Gasteiger partial charge in [0.25, 0.3) is 0 Å². The molecule has 0 aromatic rings. The minimum absolute atomic E-state index is 0.154. The first kappa shape index (κ1) is 8.02. The Labute approximate surface area is 62.4 Å². The van der Waals surface area contributed by atoms with Gasteiger partial charge in [0.2, 0.25) is 6.29 Å². The average molecular weight is 144 g/mol. The maximum atomic E-state index is 4.62. The molecule has 0 aromatic carbocycles. The van der Waals surface area contributed by atoms with Crippen LogP contribution >= 0.6 is 0 Å². The van der Waals surface area contributed by atoms with Gasteiger partial charge in [-0.05, 0) is 6.42 Å². The Balaban J connectivity index is 1.68. The summed E-state index contributed by atoms with van der Waals surface area (Å²) in [5.41, 5.74) is 0. The van der Waals surface area contributed by atoms with Gasteiger partial charge in [0.1, 0.15) is 0 Å². The standard InChI is InChI=1S/C8H16O2/c1-2-3-4-5-6-7-8-9-10-8/h8H,2-7H2,1H3. The monoisotopic (exact) mass is 144 g/mol. The van der Waals surface area contributed by atoms with E-state index in [2.05, 4.69) is 16.7 Å². The van der Waals surface area contributed by atoms with Crippen LogP contribution in [-0.4, -0.2) is 6.29 Å². The molecule has 0 aliphatic carbocycles. The number of hydrogen-bond donors (Lipinski definition) is 0. The van der Waals surface area contributed by atoms with Crippen LogP contribution in [0.3, 0.4) is 0 Å². The van der Waals surface area contributed by atoms with Gasteiger partial charge in [-0.3, -0.25) is 0 Å². The van der Waals surface area contributed by atoms with E-state index >= 15 is 0 Å². The number of rotatable bonds is 6. The maximum absolute atomic E-state index is 4.62. The van der Waals surface area contributed by atoms with Crippen molar-refractivity contribution in [3.05, 3.63) is 0 Å². The fourth-order valence-corrected chi connectivity index (χ4v) is 1.05. The SMILES string of the molecule is CCCCCCCC1OO1. The van der Waals surface area contributed by atoms with E-state index in [1.807, 2.05) is 0 Å². The lowest BCUT2D eigenvalue weighted by molar-refractivity contribution is 0.0850. The molecule has 1 saturated heterocycles. The van der Waals surface area contributed by atoms with Crippen molar-refractivity contribution in [3.63, 3.8) is 0 Å². The van der Waals surface area contributed by atoms with Gasteiger partial charge in [-0.1, -0.05) is 32.6 Å². The Hall–Kier alpha value is -0.0800. The highest BCUT2D eigenvalue weighted by Crippen LogP contribution is 2.19. The van der Waals surface area contributed by atoms with Crippen molar-refractivity contribution in [3.8, 4) is 0 Å². The van der Waals surface area contributed by atoms with E-state index in [4.69, 9.17) is 0 Å². The Morgan fingerprint density at radius 1 is 1.00 bits per heavy atom. The first-order valence-corrected chi connectivity index (χ1v) is 4.25.